The molecule has 6 nitrogen and oxygen atoms in total. The van der Waals surface area contributed by atoms with Gasteiger partial charge in [-0.25, -0.2) is 4.98 Å². The van der Waals surface area contributed by atoms with Gasteiger partial charge in [-0.3, -0.25) is 9.78 Å². The van der Waals surface area contributed by atoms with Crippen LogP contribution in [0, 0.1) is 5.92 Å². The number of pyridine rings is 1. The smallest absolute Gasteiger partial charge is 0.275 e. The van der Waals surface area contributed by atoms with Gasteiger partial charge in [0.05, 0.1) is 5.52 Å². The van der Waals surface area contributed by atoms with Crippen LogP contribution in [0.15, 0.2) is 47.2 Å². The van der Waals surface area contributed by atoms with E-state index in [0.717, 1.165) is 36.8 Å². The molecule has 0 bridgehead atoms. The lowest BCUT2D eigenvalue weighted by atomic mass is 10.0. The normalized spacial score (nSPS) is 16.8. The van der Waals surface area contributed by atoms with Crippen molar-refractivity contribution in [2.24, 2.45) is 5.92 Å². The van der Waals surface area contributed by atoms with Crippen LogP contribution in [0.4, 0.5) is 0 Å². The number of hydrogen-bond donors (Lipinski definition) is 0. The van der Waals surface area contributed by atoms with E-state index in [2.05, 4.69) is 16.9 Å². The van der Waals surface area contributed by atoms with Crippen LogP contribution in [0.5, 0.6) is 5.75 Å². The van der Waals surface area contributed by atoms with E-state index >= 15 is 0 Å². The summed E-state index contributed by atoms with van der Waals surface area (Å²) in [6.45, 7) is 3.97. The van der Waals surface area contributed by atoms with Crippen LogP contribution >= 0.6 is 0 Å². The first-order valence-corrected chi connectivity index (χ1v) is 9.44. The average molecular weight is 365 g/mol. The summed E-state index contributed by atoms with van der Waals surface area (Å²) >= 11 is 0. The van der Waals surface area contributed by atoms with Gasteiger partial charge < -0.3 is 14.1 Å². The number of carbonyl (C=O) groups is 1. The summed E-state index contributed by atoms with van der Waals surface area (Å²) in [7, 11) is 0. The summed E-state index contributed by atoms with van der Waals surface area (Å²) in [5.41, 5.74) is 1.27. The van der Waals surface area contributed by atoms with Crippen molar-refractivity contribution < 1.29 is 13.9 Å². The van der Waals surface area contributed by atoms with E-state index in [0.29, 0.717) is 23.3 Å². The molecule has 2 aromatic heterocycles. The number of hydrogen-bond acceptors (Lipinski definition) is 5. The molecular weight excluding hydrogens is 342 g/mol. The maximum Gasteiger partial charge on any atom is 0.275 e. The second kappa shape index (κ2) is 7.78. The Morgan fingerprint density at radius 2 is 2.30 bits per heavy atom. The minimum absolute atomic E-state index is 0.0552. The average Bonchev–Trinajstić information content (AvgIpc) is 3.36. The molecule has 1 fully saturated rings. The molecule has 0 spiro atoms. The number of carbonyl (C=O) groups excluding carboxylic acids is 1. The van der Waals surface area contributed by atoms with Gasteiger partial charge in [0.1, 0.15) is 12.0 Å². The Morgan fingerprint density at radius 1 is 1.37 bits per heavy atom. The second-order valence-electron chi connectivity index (χ2n) is 6.97. The third-order valence-electron chi connectivity index (χ3n) is 4.98. The van der Waals surface area contributed by atoms with Crippen LogP contribution in [0.1, 0.15) is 42.6 Å². The first-order chi connectivity index (χ1) is 13.2. The molecule has 1 saturated heterocycles. The molecule has 0 aliphatic carbocycles. The molecular formula is C21H23N3O3. The maximum absolute atomic E-state index is 12.6. The van der Waals surface area contributed by atoms with Gasteiger partial charge >= 0.3 is 0 Å². The number of aromatic nitrogens is 2. The van der Waals surface area contributed by atoms with Gasteiger partial charge in [0, 0.05) is 24.7 Å². The lowest BCUT2D eigenvalue weighted by Gasteiger charge is -2.14. The van der Waals surface area contributed by atoms with Gasteiger partial charge in [-0.05, 0) is 43.0 Å². The number of likely N-dealkylation sites (tertiary alicyclic amines) is 1. The number of fused-ring (bicyclic) bond motifs is 1. The molecule has 1 aliphatic heterocycles. The Hall–Kier alpha value is -2.89. The first kappa shape index (κ1) is 17.5. The number of oxazole rings is 1. The van der Waals surface area contributed by atoms with Crippen LogP contribution in [-0.4, -0.2) is 33.9 Å². The topological polar surface area (TPSA) is 68.5 Å². The molecule has 3 heterocycles. The molecule has 0 unspecified atom stereocenters. The minimum atomic E-state index is -0.0552. The molecule has 140 valence electrons. The fourth-order valence-electron chi connectivity index (χ4n) is 3.59. The SMILES string of the molecule is CCC[C@@H]1CCN(C(=O)c2coc(COc3ccc4ncccc4c3)n2)C1. The predicted molar refractivity (Wildman–Crippen MR) is 101 cm³/mol. The highest BCUT2D eigenvalue weighted by molar-refractivity contribution is 5.92. The van der Waals surface area contributed by atoms with Crippen molar-refractivity contribution in [2.45, 2.75) is 32.8 Å². The summed E-state index contributed by atoms with van der Waals surface area (Å²) in [6, 6.07) is 9.58. The Labute approximate surface area is 158 Å². The Bertz CT molecular complexity index is 937. The highest BCUT2D eigenvalue weighted by Gasteiger charge is 2.28. The van der Waals surface area contributed by atoms with Crippen LogP contribution in [0.2, 0.25) is 0 Å². The highest BCUT2D eigenvalue weighted by atomic mass is 16.5. The van der Waals surface area contributed by atoms with Gasteiger partial charge in [0.2, 0.25) is 5.89 Å². The van der Waals surface area contributed by atoms with E-state index in [1.807, 2.05) is 35.2 Å². The third kappa shape index (κ3) is 3.94. The zero-order valence-corrected chi connectivity index (χ0v) is 15.4. The van der Waals surface area contributed by atoms with E-state index in [4.69, 9.17) is 9.15 Å². The van der Waals surface area contributed by atoms with Gasteiger partial charge in [0.25, 0.3) is 5.91 Å². The molecule has 0 radical (unpaired) electrons. The van der Waals surface area contributed by atoms with Crippen molar-refractivity contribution in [3.63, 3.8) is 0 Å². The van der Waals surface area contributed by atoms with Crippen LogP contribution in [0.3, 0.4) is 0 Å². The fraction of sp³-hybridized carbons (Fsp3) is 0.381. The summed E-state index contributed by atoms with van der Waals surface area (Å²) in [4.78, 5) is 23.1. The third-order valence-corrected chi connectivity index (χ3v) is 4.98. The lowest BCUT2D eigenvalue weighted by molar-refractivity contribution is 0.0780. The van der Waals surface area contributed by atoms with Crippen LogP contribution in [0.25, 0.3) is 10.9 Å². The van der Waals surface area contributed by atoms with Gasteiger partial charge in [-0.15, -0.1) is 0 Å². The molecule has 1 amide bonds. The zero-order chi connectivity index (χ0) is 18.6. The molecule has 1 aromatic carbocycles. The van der Waals surface area contributed by atoms with Crippen LogP contribution in [-0.2, 0) is 6.61 Å². The summed E-state index contributed by atoms with van der Waals surface area (Å²) in [6.07, 6.45) is 6.59. The standard InChI is InChI=1S/C21H23N3O3/c1-2-4-15-8-10-24(12-15)21(25)19-13-27-20(23-19)14-26-17-6-7-18-16(11-17)5-3-9-22-18/h3,5-7,9,11,13,15H,2,4,8,10,12,14H2,1H3/t15-/m1/s1. The maximum atomic E-state index is 12.6. The Morgan fingerprint density at radius 3 is 3.19 bits per heavy atom. The van der Waals surface area contributed by atoms with Crippen molar-refractivity contribution >= 4 is 16.8 Å². The Kier molecular flexibility index (Phi) is 5.05. The van der Waals surface area contributed by atoms with Crippen molar-refractivity contribution in [1.29, 1.82) is 0 Å². The Balaban J connectivity index is 1.37. The predicted octanol–water partition coefficient (Wildman–Crippen LogP) is 4.06. The second-order valence-corrected chi connectivity index (χ2v) is 6.97. The molecule has 0 saturated carbocycles. The zero-order valence-electron chi connectivity index (χ0n) is 15.4. The molecule has 4 rings (SSSR count). The monoisotopic (exact) mass is 365 g/mol. The number of amides is 1. The number of ether oxygens (including phenoxy) is 1. The summed E-state index contributed by atoms with van der Waals surface area (Å²) in [5.74, 6) is 1.66. The van der Waals surface area contributed by atoms with Crippen molar-refractivity contribution in [2.75, 3.05) is 13.1 Å². The number of rotatable bonds is 6. The molecule has 27 heavy (non-hydrogen) atoms. The van der Waals surface area contributed by atoms with E-state index < -0.39 is 0 Å². The largest absolute Gasteiger partial charge is 0.484 e. The van der Waals surface area contributed by atoms with Gasteiger partial charge in [-0.1, -0.05) is 19.4 Å². The van der Waals surface area contributed by atoms with Crippen molar-refractivity contribution in [3.05, 3.63) is 54.4 Å². The molecule has 0 N–H and O–H groups in total. The van der Waals surface area contributed by atoms with E-state index in [1.165, 1.54) is 12.7 Å². The van der Waals surface area contributed by atoms with Crippen molar-refractivity contribution in [1.82, 2.24) is 14.9 Å². The van der Waals surface area contributed by atoms with Crippen molar-refractivity contribution in [3.8, 4) is 5.75 Å². The molecule has 1 atom stereocenters. The minimum Gasteiger partial charge on any atom is -0.484 e. The summed E-state index contributed by atoms with van der Waals surface area (Å²) in [5, 5.41) is 1.01. The van der Waals surface area contributed by atoms with Gasteiger partial charge in [-0.2, -0.15) is 0 Å². The quantitative estimate of drug-likeness (QED) is 0.659. The molecule has 6 heteroatoms. The van der Waals surface area contributed by atoms with E-state index in [-0.39, 0.29) is 12.5 Å². The number of benzene rings is 1. The summed E-state index contributed by atoms with van der Waals surface area (Å²) < 4.78 is 11.2. The van der Waals surface area contributed by atoms with E-state index in [9.17, 15) is 4.79 Å². The number of nitrogens with zero attached hydrogens (tertiary/aromatic N) is 3. The fourth-order valence-corrected chi connectivity index (χ4v) is 3.59. The van der Waals surface area contributed by atoms with Crippen LogP contribution < -0.4 is 4.74 Å². The lowest BCUT2D eigenvalue weighted by Crippen LogP contribution is -2.29. The molecule has 1 aliphatic rings. The van der Waals surface area contributed by atoms with Gasteiger partial charge in [0.15, 0.2) is 12.3 Å². The van der Waals surface area contributed by atoms with E-state index in [1.54, 1.807) is 6.20 Å². The first-order valence-electron chi connectivity index (χ1n) is 9.44. The highest BCUT2D eigenvalue weighted by Crippen LogP contribution is 2.23. The molecule has 3 aromatic rings.